The predicted octanol–water partition coefficient (Wildman–Crippen LogP) is 3.00. The molecule has 33 heavy (non-hydrogen) atoms. The number of nitrogens with zero attached hydrogens (tertiary/aromatic N) is 4. The molecule has 4 aromatic rings. The fraction of sp³-hybridized carbons (Fsp3) is 0.320. The van der Waals surface area contributed by atoms with Gasteiger partial charge in [0.1, 0.15) is 17.2 Å². The second kappa shape index (κ2) is 9.56. The van der Waals surface area contributed by atoms with Crippen LogP contribution in [0.15, 0.2) is 64.2 Å². The van der Waals surface area contributed by atoms with Crippen molar-refractivity contribution in [3.05, 3.63) is 76.8 Å². The van der Waals surface area contributed by atoms with Crippen molar-refractivity contribution in [2.24, 2.45) is 7.05 Å². The number of pyridine rings is 3. The molecular formula is C25H28N6O2. The average Bonchev–Trinajstić information content (AvgIpc) is 3.09. The van der Waals surface area contributed by atoms with E-state index in [1.807, 2.05) is 42.6 Å². The molecule has 5 heterocycles. The van der Waals surface area contributed by atoms with Crippen molar-refractivity contribution in [1.29, 1.82) is 0 Å². The van der Waals surface area contributed by atoms with Crippen molar-refractivity contribution in [3.8, 4) is 11.1 Å². The van der Waals surface area contributed by atoms with Gasteiger partial charge in [0.25, 0.3) is 5.56 Å². The number of aromatic nitrogens is 3. The zero-order valence-corrected chi connectivity index (χ0v) is 18.8. The van der Waals surface area contributed by atoms with E-state index in [4.69, 9.17) is 4.42 Å². The lowest BCUT2D eigenvalue weighted by molar-refractivity contribution is 0.262. The Morgan fingerprint density at radius 1 is 1.12 bits per heavy atom. The van der Waals surface area contributed by atoms with Crippen LogP contribution in [0.1, 0.15) is 17.9 Å². The third-order valence-electron chi connectivity index (χ3n) is 5.96. The highest BCUT2D eigenvalue weighted by atomic mass is 16.3. The maximum atomic E-state index is 12.8. The van der Waals surface area contributed by atoms with E-state index >= 15 is 0 Å². The molecule has 1 aliphatic rings. The largest absolute Gasteiger partial charge is 0.459 e. The highest BCUT2D eigenvalue weighted by Gasteiger charge is 2.18. The molecule has 4 aromatic heterocycles. The Labute approximate surface area is 192 Å². The first-order valence-electron chi connectivity index (χ1n) is 11.3. The van der Waals surface area contributed by atoms with Gasteiger partial charge in [0.15, 0.2) is 0 Å². The molecule has 5 rings (SSSR count). The first-order chi connectivity index (χ1) is 16.2. The molecule has 0 aromatic carbocycles. The number of aryl methyl sites for hydroxylation is 1. The summed E-state index contributed by atoms with van der Waals surface area (Å²) >= 11 is 0. The summed E-state index contributed by atoms with van der Waals surface area (Å²) in [5.41, 5.74) is 3.33. The van der Waals surface area contributed by atoms with Crippen LogP contribution in [0.25, 0.3) is 22.1 Å². The Bertz CT molecular complexity index is 1290. The van der Waals surface area contributed by atoms with E-state index in [1.165, 1.54) is 0 Å². The van der Waals surface area contributed by atoms with E-state index in [1.54, 1.807) is 24.0 Å². The molecule has 0 amide bonds. The minimum atomic E-state index is -0.0520. The summed E-state index contributed by atoms with van der Waals surface area (Å²) in [4.78, 5) is 24.0. The maximum absolute atomic E-state index is 12.8. The van der Waals surface area contributed by atoms with Gasteiger partial charge in [-0.2, -0.15) is 0 Å². The van der Waals surface area contributed by atoms with Gasteiger partial charge in [0.2, 0.25) is 0 Å². The first-order valence-corrected chi connectivity index (χ1v) is 11.3. The van der Waals surface area contributed by atoms with Crippen LogP contribution < -0.4 is 16.2 Å². The number of rotatable bonds is 6. The smallest absolute Gasteiger partial charge is 0.261 e. The Kier molecular flexibility index (Phi) is 6.19. The van der Waals surface area contributed by atoms with E-state index < -0.39 is 0 Å². The van der Waals surface area contributed by atoms with E-state index in [2.05, 4.69) is 25.5 Å². The van der Waals surface area contributed by atoms with Crippen LogP contribution in [0.2, 0.25) is 0 Å². The molecule has 0 atom stereocenters. The number of nitrogens with one attached hydrogen (secondary N) is 2. The van der Waals surface area contributed by atoms with E-state index in [-0.39, 0.29) is 5.56 Å². The van der Waals surface area contributed by atoms with Crippen LogP contribution in [0.3, 0.4) is 0 Å². The van der Waals surface area contributed by atoms with Crippen LogP contribution in [0.4, 0.5) is 5.82 Å². The second-order valence-electron chi connectivity index (χ2n) is 8.40. The molecule has 1 saturated heterocycles. The van der Waals surface area contributed by atoms with Crippen LogP contribution in [0.5, 0.6) is 0 Å². The summed E-state index contributed by atoms with van der Waals surface area (Å²) in [5.74, 6) is 1.56. The zero-order chi connectivity index (χ0) is 22.6. The Balaban J connectivity index is 1.45. The van der Waals surface area contributed by atoms with Gasteiger partial charge in [0.05, 0.1) is 24.2 Å². The van der Waals surface area contributed by atoms with E-state index in [9.17, 15) is 4.79 Å². The molecule has 1 aliphatic heterocycles. The molecule has 1 fully saturated rings. The molecule has 0 radical (unpaired) electrons. The SMILES string of the molecule is Cn1cc(-c2ccnc(NCc3ccccn3)c2)c2oc(CN3CCCNCC3)cc2c1=O. The summed E-state index contributed by atoms with van der Waals surface area (Å²) in [6.45, 7) is 5.28. The Hall–Kier alpha value is -3.49. The van der Waals surface area contributed by atoms with Gasteiger partial charge in [-0.25, -0.2) is 4.98 Å². The van der Waals surface area contributed by atoms with Crippen molar-refractivity contribution in [1.82, 2.24) is 24.8 Å². The van der Waals surface area contributed by atoms with Gasteiger partial charge >= 0.3 is 0 Å². The fourth-order valence-corrected chi connectivity index (χ4v) is 4.24. The average molecular weight is 445 g/mol. The fourth-order valence-electron chi connectivity index (χ4n) is 4.24. The van der Waals surface area contributed by atoms with Gasteiger partial charge in [0, 0.05) is 44.3 Å². The summed E-state index contributed by atoms with van der Waals surface area (Å²) in [6, 6.07) is 11.7. The van der Waals surface area contributed by atoms with E-state index in [0.717, 1.165) is 61.0 Å². The summed E-state index contributed by atoms with van der Waals surface area (Å²) in [6.07, 6.45) is 6.49. The minimum absolute atomic E-state index is 0.0520. The van der Waals surface area contributed by atoms with Crippen molar-refractivity contribution in [2.75, 3.05) is 31.5 Å². The van der Waals surface area contributed by atoms with Gasteiger partial charge in [-0.05, 0) is 55.4 Å². The van der Waals surface area contributed by atoms with Crippen LogP contribution in [0, 0.1) is 0 Å². The summed E-state index contributed by atoms with van der Waals surface area (Å²) < 4.78 is 7.90. The van der Waals surface area contributed by atoms with Gasteiger partial charge in [-0.3, -0.25) is 14.7 Å². The Morgan fingerprint density at radius 2 is 2.06 bits per heavy atom. The van der Waals surface area contributed by atoms with Gasteiger partial charge in [-0.15, -0.1) is 0 Å². The quantitative estimate of drug-likeness (QED) is 0.473. The molecule has 170 valence electrons. The van der Waals surface area contributed by atoms with Crippen molar-refractivity contribution < 1.29 is 4.42 Å². The number of hydrogen-bond donors (Lipinski definition) is 2. The van der Waals surface area contributed by atoms with Gasteiger partial charge < -0.3 is 19.6 Å². The van der Waals surface area contributed by atoms with Crippen LogP contribution >= 0.6 is 0 Å². The molecule has 8 nitrogen and oxygen atoms in total. The van der Waals surface area contributed by atoms with E-state index in [0.29, 0.717) is 24.1 Å². The standard InChI is InChI=1S/C25H28N6O2/c1-30-17-22(18-6-9-28-23(13-18)29-15-19-5-2-3-8-27-19)24-21(25(30)32)14-20(33-24)16-31-11-4-7-26-10-12-31/h2-3,5-6,8-9,13-14,17,26H,4,7,10-12,15-16H2,1H3,(H,28,29). The molecule has 0 unspecified atom stereocenters. The third-order valence-corrected chi connectivity index (χ3v) is 5.96. The van der Waals surface area contributed by atoms with Gasteiger partial charge in [-0.1, -0.05) is 6.07 Å². The molecule has 2 N–H and O–H groups in total. The van der Waals surface area contributed by atoms with Crippen LogP contribution in [-0.2, 0) is 20.1 Å². The highest BCUT2D eigenvalue weighted by molar-refractivity contribution is 5.92. The molecule has 0 saturated carbocycles. The molecule has 8 heteroatoms. The normalized spacial score (nSPS) is 14.9. The number of hydrogen-bond acceptors (Lipinski definition) is 7. The lowest BCUT2D eigenvalue weighted by Gasteiger charge is -2.17. The van der Waals surface area contributed by atoms with Crippen molar-refractivity contribution >= 4 is 16.8 Å². The first kappa shape index (κ1) is 21.4. The number of fused-ring (bicyclic) bond motifs is 1. The summed E-state index contributed by atoms with van der Waals surface area (Å²) in [7, 11) is 1.78. The minimum Gasteiger partial charge on any atom is -0.459 e. The molecule has 0 bridgehead atoms. The number of anilines is 1. The maximum Gasteiger partial charge on any atom is 0.261 e. The second-order valence-corrected chi connectivity index (χ2v) is 8.40. The third kappa shape index (κ3) is 4.81. The lowest BCUT2D eigenvalue weighted by atomic mass is 10.1. The topological polar surface area (TPSA) is 88.2 Å². The molecule has 0 aliphatic carbocycles. The monoisotopic (exact) mass is 444 g/mol. The molecule has 0 spiro atoms. The highest BCUT2D eigenvalue weighted by Crippen LogP contribution is 2.30. The zero-order valence-electron chi connectivity index (χ0n) is 18.8. The lowest BCUT2D eigenvalue weighted by Crippen LogP contribution is -2.27. The van der Waals surface area contributed by atoms with Crippen molar-refractivity contribution in [3.63, 3.8) is 0 Å². The predicted molar refractivity (Wildman–Crippen MR) is 129 cm³/mol. The number of furan rings is 1. The van der Waals surface area contributed by atoms with Crippen LogP contribution in [-0.4, -0.2) is 45.6 Å². The Morgan fingerprint density at radius 3 is 2.94 bits per heavy atom. The van der Waals surface area contributed by atoms with Crippen molar-refractivity contribution in [2.45, 2.75) is 19.5 Å². The summed E-state index contributed by atoms with van der Waals surface area (Å²) in [5, 5.41) is 7.36. The molecular weight excluding hydrogens is 416 g/mol.